The molecule has 2 aliphatic heterocycles. The molecule has 0 bridgehead atoms. The highest BCUT2D eigenvalue weighted by Crippen LogP contribution is 2.28. The second kappa shape index (κ2) is 13.1. The van der Waals surface area contributed by atoms with Gasteiger partial charge in [-0.1, -0.05) is 10.3 Å². The predicted octanol–water partition coefficient (Wildman–Crippen LogP) is 5.13. The van der Waals surface area contributed by atoms with Gasteiger partial charge >= 0.3 is 6.09 Å². The number of ether oxygens (including phenoxy) is 1. The molecule has 0 unspecified atom stereocenters. The summed E-state index contributed by atoms with van der Waals surface area (Å²) in [5.41, 5.74) is 1.23. The number of piperidine rings is 2. The summed E-state index contributed by atoms with van der Waals surface area (Å²) in [7, 11) is 0. The van der Waals surface area contributed by atoms with Crippen LogP contribution in [0.15, 0.2) is 45.7 Å². The van der Waals surface area contributed by atoms with Crippen molar-refractivity contribution in [2.75, 3.05) is 26.2 Å². The molecule has 2 atom stereocenters. The Morgan fingerprint density at radius 2 is 1.55 bits per heavy atom. The molecule has 0 saturated carbocycles. The summed E-state index contributed by atoms with van der Waals surface area (Å²) < 4.78 is 16.1. The van der Waals surface area contributed by atoms with Gasteiger partial charge in [-0.05, 0) is 77.3 Å². The summed E-state index contributed by atoms with van der Waals surface area (Å²) in [6, 6.07) is 7.64. The first-order chi connectivity index (χ1) is 18.9. The normalized spacial score (nSPS) is 19.3. The summed E-state index contributed by atoms with van der Waals surface area (Å²) in [5, 5.41) is 11.3. The molecule has 0 spiro atoms. The molecule has 13 heteroatoms. The van der Waals surface area contributed by atoms with Crippen LogP contribution in [0.1, 0.15) is 70.1 Å². The molecular formula is C27H37ClN8O4. The lowest BCUT2D eigenvalue weighted by Crippen LogP contribution is -2.42. The molecule has 0 aromatic carbocycles. The van der Waals surface area contributed by atoms with Crippen LogP contribution >= 0.6 is 12.4 Å². The van der Waals surface area contributed by atoms with Crippen LogP contribution in [0.3, 0.4) is 0 Å². The zero-order valence-electron chi connectivity index (χ0n) is 23.1. The Morgan fingerprint density at radius 1 is 0.950 bits per heavy atom. The van der Waals surface area contributed by atoms with Gasteiger partial charge in [0.15, 0.2) is 0 Å². The first-order valence-corrected chi connectivity index (χ1v) is 13.5. The molecule has 2 fully saturated rings. The number of carbonyl (C=O) groups is 1. The van der Waals surface area contributed by atoms with Gasteiger partial charge in [0.25, 0.3) is 0 Å². The molecular weight excluding hydrogens is 536 g/mol. The number of halogens is 1. The van der Waals surface area contributed by atoms with Crippen molar-refractivity contribution in [2.24, 2.45) is 0 Å². The summed E-state index contributed by atoms with van der Waals surface area (Å²) in [4.78, 5) is 28.9. The van der Waals surface area contributed by atoms with Gasteiger partial charge in [0.2, 0.25) is 23.4 Å². The number of rotatable bonds is 4. The molecule has 0 aliphatic carbocycles. The Bertz CT molecular complexity index is 1310. The molecule has 2 saturated heterocycles. The highest BCUT2D eigenvalue weighted by molar-refractivity contribution is 5.85. The van der Waals surface area contributed by atoms with E-state index in [4.69, 9.17) is 13.8 Å². The van der Waals surface area contributed by atoms with Crippen LogP contribution in [0.4, 0.5) is 4.79 Å². The number of aromatic nitrogens is 6. The molecule has 6 rings (SSSR count). The maximum Gasteiger partial charge on any atom is 0.410 e. The molecule has 6 heterocycles. The average Bonchev–Trinajstić information content (AvgIpc) is 3.76. The highest BCUT2D eigenvalue weighted by Gasteiger charge is 2.31. The Labute approximate surface area is 239 Å². The van der Waals surface area contributed by atoms with Crippen molar-refractivity contribution in [3.63, 3.8) is 0 Å². The topological polar surface area (TPSA) is 151 Å². The zero-order valence-corrected chi connectivity index (χ0v) is 23.9. The third-order valence-electron chi connectivity index (χ3n) is 6.63. The van der Waals surface area contributed by atoms with E-state index < -0.39 is 5.60 Å². The van der Waals surface area contributed by atoms with Crippen molar-refractivity contribution >= 4 is 18.5 Å². The van der Waals surface area contributed by atoms with E-state index in [1.807, 2.05) is 57.4 Å². The van der Waals surface area contributed by atoms with E-state index >= 15 is 0 Å². The standard InChI is InChI=1S/C16H22N4O3.C11H14N4O.ClH/c1-16(2,3)22-15(21)20-9-5-6-11(10-20)14-18-13(19-23-14)12-7-4-8-17-12;1-3-8(7-12-5-1)11-14-10(15-16-11)9-4-2-6-13-9;/h4,7-8,11,17H,5-6,9-10H2,1-3H3;2,4,6,8,12-13H,1,3,5,7H2;1H/t11-;8-;/m00./s1. The second-order valence-corrected chi connectivity index (χ2v) is 10.9. The van der Waals surface area contributed by atoms with Crippen molar-refractivity contribution in [2.45, 2.75) is 63.9 Å². The van der Waals surface area contributed by atoms with E-state index in [9.17, 15) is 4.79 Å². The zero-order chi connectivity index (χ0) is 27.2. The van der Waals surface area contributed by atoms with Gasteiger partial charge in [0.05, 0.1) is 23.2 Å². The molecule has 216 valence electrons. The Kier molecular flexibility index (Phi) is 9.64. The number of carbonyl (C=O) groups excluding carboxylic acids is 1. The first kappa shape index (κ1) is 29.3. The van der Waals surface area contributed by atoms with Crippen LogP contribution in [0.2, 0.25) is 0 Å². The molecule has 0 radical (unpaired) electrons. The lowest BCUT2D eigenvalue weighted by atomic mass is 9.98. The molecule has 40 heavy (non-hydrogen) atoms. The average molecular weight is 573 g/mol. The number of likely N-dealkylation sites (tertiary alicyclic amines) is 1. The van der Waals surface area contributed by atoms with E-state index in [1.165, 1.54) is 6.42 Å². The lowest BCUT2D eigenvalue weighted by Gasteiger charge is -2.32. The predicted molar refractivity (Wildman–Crippen MR) is 150 cm³/mol. The second-order valence-electron chi connectivity index (χ2n) is 10.9. The molecule has 4 aromatic rings. The van der Waals surface area contributed by atoms with Gasteiger partial charge in [-0.3, -0.25) is 0 Å². The van der Waals surface area contributed by atoms with Crippen molar-refractivity contribution in [1.29, 1.82) is 0 Å². The van der Waals surface area contributed by atoms with E-state index in [-0.39, 0.29) is 24.4 Å². The highest BCUT2D eigenvalue weighted by atomic mass is 35.5. The SMILES string of the molecule is CC(C)(C)OC(=O)N1CCC[C@H](c2nc(-c3ccc[nH]3)no2)C1.Cl.c1c[nH]c(-c2noc([C@H]3CCCNC3)n2)c1. The minimum Gasteiger partial charge on any atom is -0.444 e. The maximum atomic E-state index is 12.2. The summed E-state index contributed by atoms with van der Waals surface area (Å²) >= 11 is 0. The summed E-state index contributed by atoms with van der Waals surface area (Å²) in [5.74, 6) is 2.92. The number of amides is 1. The fraction of sp³-hybridized carbons (Fsp3) is 0.519. The van der Waals surface area contributed by atoms with E-state index in [1.54, 1.807) is 4.90 Å². The van der Waals surface area contributed by atoms with Gasteiger partial charge in [-0.15, -0.1) is 12.4 Å². The molecule has 4 aromatic heterocycles. The van der Waals surface area contributed by atoms with Crippen molar-refractivity contribution < 1.29 is 18.6 Å². The van der Waals surface area contributed by atoms with Gasteiger partial charge < -0.3 is 34.0 Å². The van der Waals surface area contributed by atoms with Gasteiger partial charge in [-0.25, -0.2) is 4.79 Å². The van der Waals surface area contributed by atoms with Crippen LogP contribution in [-0.2, 0) is 4.74 Å². The third-order valence-corrected chi connectivity index (χ3v) is 6.63. The quantitative estimate of drug-likeness (QED) is 0.302. The van der Waals surface area contributed by atoms with Gasteiger partial charge in [0.1, 0.15) is 5.60 Å². The lowest BCUT2D eigenvalue weighted by molar-refractivity contribution is 0.0189. The maximum absolute atomic E-state index is 12.2. The fourth-order valence-corrected chi connectivity index (χ4v) is 4.69. The smallest absolute Gasteiger partial charge is 0.410 e. The molecule has 3 N–H and O–H groups in total. The van der Waals surface area contributed by atoms with E-state index in [0.717, 1.165) is 49.6 Å². The molecule has 1 amide bonds. The molecule has 2 aliphatic rings. The van der Waals surface area contributed by atoms with Crippen LogP contribution in [0, 0.1) is 0 Å². The number of hydrogen-bond acceptors (Lipinski definition) is 9. The van der Waals surface area contributed by atoms with E-state index in [2.05, 4.69) is 35.6 Å². The summed E-state index contributed by atoms with van der Waals surface area (Å²) in [6.45, 7) is 8.87. The number of hydrogen-bond donors (Lipinski definition) is 3. The minimum absolute atomic E-state index is 0. The molecule has 12 nitrogen and oxygen atoms in total. The van der Waals surface area contributed by atoms with Crippen molar-refractivity contribution in [1.82, 2.24) is 40.5 Å². The first-order valence-electron chi connectivity index (χ1n) is 13.5. The monoisotopic (exact) mass is 572 g/mol. The van der Waals surface area contributed by atoms with Gasteiger partial charge in [-0.2, -0.15) is 9.97 Å². The number of H-pyrrole nitrogens is 2. The van der Waals surface area contributed by atoms with Crippen LogP contribution in [-0.4, -0.2) is 73.0 Å². The Balaban J connectivity index is 0.000000191. The van der Waals surface area contributed by atoms with Crippen LogP contribution in [0.25, 0.3) is 23.0 Å². The Hall–Kier alpha value is -3.64. The number of aromatic amines is 2. The Morgan fingerprint density at radius 3 is 2.08 bits per heavy atom. The van der Waals surface area contributed by atoms with Crippen molar-refractivity contribution in [3.8, 4) is 23.0 Å². The van der Waals surface area contributed by atoms with Crippen LogP contribution in [0.5, 0.6) is 0 Å². The van der Waals surface area contributed by atoms with Gasteiger partial charge in [0, 0.05) is 32.0 Å². The number of nitrogens with zero attached hydrogens (tertiary/aromatic N) is 5. The summed E-state index contributed by atoms with van der Waals surface area (Å²) in [6.07, 6.45) is 7.50. The number of nitrogens with one attached hydrogen (secondary N) is 3. The minimum atomic E-state index is -0.491. The fourth-order valence-electron chi connectivity index (χ4n) is 4.69. The van der Waals surface area contributed by atoms with Crippen LogP contribution < -0.4 is 5.32 Å². The third kappa shape index (κ3) is 7.51. The largest absolute Gasteiger partial charge is 0.444 e. The van der Waals surface area contributed by atoms with E-state index in [0.29, 0.717) is 36.5 Å². The van der Waals surface area contributed by atoms with Crippen molar-refractivity contribution in [3.05, 3.63) is 48.4 Å².